The minimum absolute atomic E-state index is 0.0202. The van der Waals surface area contributed by atoms with Crippen LogP contribution in [-0.2, 0) is 10.8 Å². The third-order valence-electron chi connectivity index (χ3n) is 18.8. The van der Waals surface area contributed by atoms with E-state index in [2.05, 4.69) is 249 Å². The van der Waals surface area contributed by atoms with Crippen molar-refractivity contribution in [2.75, 3.05) is 16.5 Å². The lowest BCUT2D eigenvalue weighted by molar-refractivity contribution is -0.0419. The summed E-state index contributed by atoms with van der Waals surface area (Å²) in [5.74, 6) is 4.05. The van der Waals surface area contributed by atoms with Gasteiger partial charge in [0.05, 0.1) is 28.1 Å². The standard InChI is InChI=1S/C70H64N4/c1-45-34-55(35-46(2)47(45)3)70(56-37-48-36-49(39-56)40-57(70)38-48)54-32-33-71-67(43-54)74-63-27-13-12-24-61(63)62-31-30-53(42-66(62)74)69(4,5)52-22-16-23-58(41-52)72-44-73(65-29-15-14-28-64(65)72)68-59(50-18-8-6-9-19-50)25-17-26-60(68)51-20-10-7-11-21-51/h6-35,41-43,48-49,56-57H,36-40,44H2,1-5H3. The summed E-state index contributed by atoms with van der Waals surface area (Å²) < 4.78 is 2.48. The van der Waals surface area contributed by atoms with Crippen LogP contribution in [-0.4, -0.2) is 16.2 Å². The van der Waals surface area contributed by atoms with Gasteiger partial charge in [0.1, 0.15) is 12.5 Å². The number of hydrogen-bond acceptors (Lipinski definition) is 3. The van der Waals surface area contributed by atoms with E-state index in [-0.39, 0.29) is 10.8 Å². The van der Waals surface area contributed by atoms with E-state index in [9.17, 15) is 0 Å². The fraction of sp³-hybridized carbons (Fsp3) is 0.243. The van der Waals surface area contributed by atoms with Crippen LogP contribution in [0, 0.1) is 44.4 Å². The molecule has 0 amide bonds. The van der Waals surface area contributed by atoms with Crippen LogP contribution in [0.3, 0.4) is 0 Å². The van der Waals surface area contributed by atoms with E-state index in [0.29, 0.717) is 18.5 Å². The average Bonchev–Trinajstić information content (AvgIpc) is 4.05. The van der Waals surface area contributed by atoms with Crippen LogP contribution in [0.15, 0.2) is 200 Å². The number of fused-ring (bicyclic) bond motifs is 4. The largest absolute Gasteiger partial charge is 0.321 e. The Morgan fingerprint density at radius 1 is 0.486 bits per heavy atom. The zero-order valence-electron chi connectivity index (χ0n) is 43.4. The number of para-hydroxylation sites is 4. The van der Waals surface area contributed by atoms with Gasteiger partial charge in [-0.15, -0.1) is 0 Å². The summed E-state index contributed by atoms with van der Waals surface area (Å²) in [6, 6.07) is 72.9. The quantitative estimate of drug-likeness (QED) is 0.144. The molecule has 4 nitrogen and oxygen atoms in total. The van der Waals surface area contributed by atoms with Gasteiger partial charge >= 0.3 is 0 Å². The van der Waals surface area contributed by atoms with E-state index in [4.69, 9.17) is 4.98 Å². The number of hydrogen-bond donors (Lipinski definition) is 0. The third-order valence-corrected chi connectivity index (χ3v) is 18.8. The van der Waals surface area contributed by atoms with Crippen molar-refractivity contribution in [3.05, 3.63) is 239 Å². The van der Waals surface area contributed by atoms with E-state index in [0.717, 1.165) is 17.7 Å². The Morgan fingerprint density at radius 3 is 1.74 bits per heavy atom. The molecule has 364 valence electrons. The van der Waals surface area contributed by atoms with Crippen molar-refractivity contribution in [2.45, 2.75) is 77.6 Å². The Bertz CT molecular complexity index is 3700. The first-order chi connectivity index (χ1) is 36.1. The second-order valence-corrected chi connectivity index (χ2v) is 23.0. The molecule has 0 saturated heterocycles. The summed E-state index contributed by atoms with van der Waals surface area (Å²) in [5.41, 5.74) is 21.5. The highest BCUT2D eigenvalue weighted by molar-refractivity contribution is 6.09. The van der Waals surface area contributed by atoms with Crippen molar-refractivity contribution in [3.8, 4) is 28.1 Å². The second-order valence-electron chi connectivity index (χ2n) is 23.0. The van der Waals surface area contributed by atoms with Gasteiger partial charge in [-0.25, -0.2) is 4.98 Å². The highest BCUT2D eigenvalue weighted by Crippen LogP contribution is 2.65. The molecule has 0 N–H and O–H groups in total. The smallest absolute Gasteiger partial charge is 0.137 e. The predicted molar refractivity (Wildman–Crippen MR) is 309 cm³/mol. The Labute approximate surface area is 437 Å². The molecule has 0 unspecified atom stereocenters. The molecule has 5 aliphatic rings. The molecule has 4 bridgehead atoms. The van der Waals surface area contributed by atoms with Gasteiger partial charge < -0.3 is 9.80 Å². The minimum Gasteiger partial charge on any atom is -0.321 e. The first-order valence-corrected chi connectivity index (χ1v) is 27.2. The third kappa shape index (κ3) is 6.90. The van der Waals surface area contributed by atoms with Crippen molar-refractivity contribution < 1.29 is 0 Å². The number of aryl methyl sites for hydroxylation is 2. The molecule has 1 aliphatic heterocycles. The summed E-state index contributed by atoms with van der Waals surface area (Å²) in [6.07, 6.45) is 8.92. The maximum atomic E-state index is 5.32. The normalized spacial score (nSPS) is 21.0. The van der Waals surface area contributed by atoms with Gasteiger partial charge in [-0.1, -0.05) is 159 Å². The molecule has 4 heteroatoms. The molecule has 0 radical (unpaired) electrons. The number of rotatable bonds is 9. The molecule has 4 fully saturated rings. The van der Waals surface area contributed by atoms with Crippen LogP contribution in [0.4, 0.5) is 22.7 Å². The number of pyridine rings is 1. The Kier molecular flexibility index (Phi) is 10.5. The molecule has 15 rings (SSSR count). The maximum absolute atomic E-state index is 5.32. The maximum Gasteiger partial charge on any atom is 0.137 e. The Morgan fingerprint density at radius 2 is 1.07 bits per heavy atom. The molecule has 4 aliphatic carbocycles. The summed E-state index contributed by atoms with van der Waals surface area (Å²) in [5, 5.41) is 2.52. The lowest BCUT2D eigenvalue weighted by Crippen LogP contribution is -2.56. The van der Waals surface area contributed by atoms with Crippen molar-refractivity contribution in [1.29, 1.82) is 0 Å². The molecule has 8 aromatic carbocycles. The first-order valence-electron chi connectivity index (χ1n) is 27.2. The molecule has 4 saturated carbocycles. The summed E-state index contributed by atoms with van der Waals surface area (Å²) >= 11 is 0. The van der Waals surface area contributed by atoms with Gasteiger partial charge in [0.2, 0.25) is 0 Å². The second kappa shape index (κ2) is 17.2. The van der Waals surface area contributed by atoms with E-state index in [1.807, 2.05) is 0 Å². The monoisotopic (exact) mass is 961 g/mol. The van der Waals surface area contributed by atoms with E-state index >= 15 is 0 Å². The fourth-order valence-electron chi connectivity index (χ4n) is 15.1. The van der Waals surface area contributed by atoms with Gasteiger partial charge in [0, 0.05) is 44.6 Å². The zero-order valence-corrected chi connectivity index (χ0v) is 43.4. The van der Waals surface area contributed by atoms with Crippen LogP contribution < -0.4 is 9.80 Å². The van der Waals surface area contributed by atoms with Gasteiger partial charge in [0.25, 0.3) is 0 Å². The fourth-order valence-corrected chi connectivity index (χ4v) is 15.1. The van der Waals surface area contributed by atoms with Gasteiger partial charge in [0.15, 0.2) is 0 Å². The minimum atomic E-state index is -0.328. The van der Waals surface area contributed by atoms with E-state index in [1.165, 1.54) is 138 Å². The average molecular weight is 961 g/mol. The Balaban J connectivity index is 0.865. The van der Waals surface area contributed by atoms with Crippen LogP contribution in [0.25, 0.3) is 49.9 Å². The molecule has 0 spiro atoms. The molecule has 0 atom stereocenters. The van der Waals surface area contributed by atoms with Crippen molar-refractivity contribution in [3.63, 3.8) is 0 Å². The molecular weight excluding hydrogens is 897 g/mol. The van der Waals surface area contributed by atoms with E-state index in [1.54, 1.807) is 0 Å². The van der Waals surface area contributed by atoms with Crippen LogP contribution in [0.1, 0.15) is 84.9 Å². The number of nitrogens with zero attached hydrogens (tertiary/aromatic N) is 4. The van der Waals surface area contributed by atoms with Gasteiger partial charge in [-0.05, 0) is 175 Å². The van der Waals surface area contributed by atoms with Crippen LogP contribution >= 0.6 is 0 Å². The van der Waals surface area contributed by atoms with Crippen LogP contribution in [0.2, 0.25) is 0 Å². The SMILES string of the molecule is Cc1cc(C2(c3ccnc(-n4c5ccccc5c5ccc(C(C)(C)c6cccc(N7CN(c8c(-c9ccccc9)cccc8-c8ccccc8)c8ccccc87)c6)cc54)c3)C3CC4CC(C3)CC2C4)cc(C)c1C. The highest BCUT2D eigenvalue weighted by atomic mass is 15.4. The molecule has 3 heterocycles. The molecular formula is C70H64N4. The highest BCUT2D eigenvalue weighted by Gasteiger charge is 2.59. The van der Waals surface area contributed by atoms with Crippen LogP contribution in [0.5, 0.6) is 0 Å². The summed E-state index contributed by atoms with van der Waals surface area (Å²) in [6.45, 7) is 12.4. The lowest BCUT2D eigenvalue weighted by Gasteiger charge is -2.62. The van der Waals surface area contributed by atoms with Crippen molar-refractivity contribution in [1.82, 2.24) is 9.55 Å². The Hall–Kier alpha value is -7.69. The predicted octanol–water partition coefficient (Wildman–Crippen LogP) is 17.8. The molecule has 10 aromatic rings. The summed E-state index contributed by atoms with van der Waals surface area (Å²) in [4.78, 5) is 10.3. The topological polar surface area (TPSA) is 24.3 Å². The van der Waals surface area contributed by atoms with Gasteiger partial charge in [-0.3, -0.25) is 4.57 Å². The molecule has 74 heavy (non-hydrogen) atoms. The lowest BCUT2D eigenvalue weighted by atomic mass is 9.42. The number of anilines is 4. The van der Waals surface area contributed by atoms with Gasteiger partial charge in [-0.2, -0.15) is 0 Å². The first kappa shape index (κ1) is 45.0. The number of benzene rings is 8. The van der Waals surface area contributed by atoms with Crippen molar-refractivity contribution in [2.24, 2.45) is 23.7 Å². The number of aromatic nitrogens is 2. The van der Waals surface area contributed by atoms with Crippen molar-refractivity contribution >= 4 is 44.6 Å². The molecule has 2 aromatic heterocycles. The summed E-state index contributed by atoms with van der Waals surface area (Å²) in [7, 11) is 0. The van der Waals surface area contributed by atoms with E-state index < -0.39 is 0 Å². The zero-order chi connectivity index (χ0) is 49.9.